The second kappa shape index (κ2) is 8.58. The lowest BCUT2D eigenvalue weighted by Crippen LogP contribution is -2.38. The number of hydrogen-bond donors (Lipinski definition) is 2. The highest BCUT2D eigenvalue weighted by atomic mass is 127. The molecule has 0 aliphatic heterocycles. The van der Waals surface area contributed by atoms with Crippen molar-refractivity contribution in [2.45, 2.75) is 26.4 Å². The molecule has 0 spiro atoms. The number of thiazole rings is 1. The lowest BCUT2D eigenvalue weighted by Gasteiger charge is -2.16. The van der Waals surface area contributed by atoms with Gasteiger partial charge in [0.1, 0.15) is 5.01 Å². The van der Waals surface area contributed by atoms with Gasteiger partial charge < -0.3 is 10.6 Å². The Labute approximate surface area is 144 Å². The van der Waals surface area contributed by atoms with Gasteiger partial charge in [0, 0.05) is 23.0 Å². The molecule has 2 rings (SSSR count). The highest BCUT2D eigenvalue weighted by Crippen LogP contribution is 2.17. The summed E-state index contributed by atoms with van der Waals surface area (Å²) in [6, 6.07) is 4.44. The third-order valence-corrected chi connectivity index (χ3v) is 4.59. The first kappa shape index (κ1) is 17.4. The van der Waals surface area contributed by atoms with Crippen molar-refractivity contribution >= 4 is 52.6 Å². The fourth-order valence-electron chi connectivity index (χ4n) is 1.65. The molecule has 2 N–H and O–H groups in total. The van der Waals surface area contributed by atoms with Crippen molar-refractivity contribution in [3.63, 3.8) is 0 Å². The van der Waals surface area contributed by atoms with Gasteiger partial charge in [-0.1, -0.05) is 6.07 Å². The monoisotopic (exact) mass is 422 g/mol. The van der Waals surface area contributed by atoms with Gasteiger partial charge in [-0.15, -0.1) is 46.7 Å². The molecular weight excluding hydrogens is 403 g/mol. The lowest BCUT2D eigenvalue weighted by atomic mass is 10.3. The van der Waals surface area contributed by atoms with E-state index in [4.69, 9.17) is 0 Å². The summed E-state index contributed by atoms with van der Waals surface area (Å²) in [4.78, 5) is 11.1. The van der Waals surface area contributed by atoms with Gasteiger partial charge >= 0.3 is 0 Å². The minimum absolute atomic E-state index is 0. The van der Waals surface area contributed by atoms with E-state index in [1.54, 1.807) is 29.7 Å². The average Bonchev–Trinajstić information content (AvgIpc) is 3.05. The quantitative estimate of drug-likeness (QED) is 0.450. The van der Waals surface area contributed by atoms with Crippen LogP contribution >= 0.6 is 46.7 Å². The number of thiophene rings is 1. The van der Waals surface area contributed by atoms with Crippen LogP contribution in [0, 0.1) is 6.92 Å². The maximum atomic E-state index is 4.33. The molecule has 0 aromatic carbocycles. The van der Waals surface area contributed by atoms with Gasteiger partial charge in [-0.05, 0) is 25.3 Å². The predicted octanol–water partition coefficient (Wildman–Crippen LogP) is 3.56. The molecule has 0 bridgehead atoms. The number of rotatable bonds is 4. The molecule has 0 saturated carbocycles. The Hall–Kier alpha value is -0.670. The van der Waals surface area contributed by atoms with Crippen LogP contribution in [0.3, 0.4) is 0 Å². The number of aromatic nitrogens is 1. The van der Waals surface area contributed by atoms with Crippen molar-refractivity contribution in [3.8, 4) is 0 Å². The molecule has 1 atom stereocenters. The second-order valence-electron chi connectivity index (χ2n) is 4.17. The maximum absolute atomic E-state index is 4.33. The standard InChI is InChI=1S/C13H18N4S2.HI/c1-9-7-15-12(19-9)8-16-13(14-3)17-10(2)11-5-4-6-18-11;/h4-7,10H,8H2,1-3H3,(H2,14,16,17);1H. The van der Waals surface area contributed by atoms with Gasteiger partial charge in [0.25, 0.3) is 0 Å². The Balaban J connectivity index is 0.00000200. The third-order valence-electron chi connectivity index (χ3n) is 2.62. The van der Waals surface area contributed by atoms with Crippen molar-refractivity contribution in [1.82, 2.24) is 15.6 Å². The number of nitrogens with one attached hydrogen (secondary N) is 2. The summed E-state index contributed by atoms with van der Waals surface area (Å²) in [5.41, 5.74) is 0. The van der Waals surface area contributed by atoms with Crippen LogP contribution in [0.5, 0.6) is 0 Å². The number of guanidine groups is 1. The van der Waals surface area contributed by atoms with E-state index < -0.39 is 0 Å². The number of nitrogens with zero attached hydrogens (tertiary/aromatic N) is 2. The van der Waals surface area contributed by atoms with E-state index in [0.29, 0.717) is 6.54 Å². The van der Waals surface area contributed by atoms with E-state index in [1.807, 2.05) is 6.20 Å². The van der Waals surface area contributed by atoms with Crippen molar-refractivity contribution in [2.75, 3.05) is 7.05 Å². The molecule has 2 aromatic heterocycles. The van der Waals surface area contributed by atoms with Crippen LogP contribution in [0.4, 0.5) is 0 Å². The Kier molecular flexibility index (Phi) is 7.46. The van der Waals surface area contributed by atoms with Crippen LogP contribution in [0.25, 0.3) is 0 Å². The zero-order chi connectivity index (χ0) is 13.7. The molecule has 2 heterocycles. The van der Waals surface area contributed by atoms with Crippen molar-refractivity contribution in [3.05, 3.63) is 38.5 Å². The zero-order valence-corrected chi connectivity index (χ0v) is 15.7. The molecule has 4 nitrogen and oxygen atoms in total. The zero-order valence-electron chi connectivity index (χ0n) is 11.7. The molecular formula is C13H19IN4S2. The molecule has 0 radical (unpaired) electrons. The summed E-state index contributed by atoms with van der Waals surface area (Å²) in [7, 11) is 1.78. The Bertz CT molecular complexity index is 536. The van der Waals surface area contributed by atoms with Crippen LogP contribution in [0.2, 0.25) is 0 Å². The van der Waals surface area contributed by atoms with Gasteiger partial charge in [0.15, 0.2) is 5.96 Å². The normalized spacial score (nSPS) is 12.7. The topological polar surface area (TPSA) is 49.3 Å². The summed E-state index contributed by atoms with van der Waals surface area (Å²) in [6.45, 7) is 4.90. The van der Waals surface area contributed by atoms with E-state index >= 15 is 0 Å². The van der Waals surface area contributed by atoms with Crippen LogP contribution in [-0.4, -0.2) is 18.0 Å². The van der Waals surface area contributed by atoms with Gasteiger partial charge in [0.05, 0.1) is 12.6 Å². The van der Waals surface area contributed by atoms with Gasteiger partial charge in [-0.25, -0.2) is 4.98 Å². The second-order valence-corrected chi connectivity index (χ2v) is 6.47. The lowest BCUT2D eigenvalue weighted by molar-refractivity contribution is 0.696. The van der Waals surface area contributed by atoms with Gasteiger partial charge in [-0.3, -0.25) is 4.99 Å². The van der Waals surface area contributed by atoms with E-state index in [9.17, 15) is 0 Å². The van der Waals surface area contributed by atoms with Crippen molar-refractivity contribution < 1.29 is 0 Å². The van der Waals surface area contributed by atoms with E-state index in [2.05, 4.69) is 52.0 Å². The summed E-state index contributed by atoms with van der Waals surface area (Å²) >= 11 is 3.45. The summed E-state index contributed by atoms with van der Waals surface area (Å²) < 4.78 is 0. The van der Waals surface area contributed by atoms with Gasteiger partial charge in [0.2, 0.25) is 0 Å². The first-order valence-corrected chi connectivity index (χ1v) is 7.80. The summed E-state index contributed by atoms with van der Waals surface area (Å²) in [5.74, 6) is 0.800. The highest BCUT2D eigenvalue weighted by molar-refractivity contribution is 14.0. The molecule has 20 heavy (non-hydrogen) atoms. The summed E-state index contributed by atoms with van der Waals surface area (Å²) in [6.07, 6.45) is 1.89. The van der Waals surface area contributed by atoms with Crippen LogP contribution in [0.1, 0.15) is 27.7 Å². The molecule has 1 unspecified atom stereocenters. The molecule has 0 amide bonds. The number of hydrogen-bond acceptors (Lipinski definition) is 4. The molecule has 0 fully saturated rings. The largest absolute Gasteiger partial charge is 0.350 e. The molecule has 7 heteroatoms. The molecule has 2 aromatic rings. The Morgan fingerprint density at radius 1 is 1.50 bits per heavy atom. The minimum Gasteiger partial charge on any atom is -0.350 e. The molecule has 0 saturated heterocycles. The maximum Gasteiger partial charge on any atom is 0.191 e. The fourth-order valence-corrected chi connectivity index (χ4v) is 3.11. The van der Waals surface area contributed by atoms with Gasteiger partial charge in [-0.2, -0.15) is 0 Å². The molecule has 0 aliphatic carbocycles. The van der Waals surface area contributed by atoms with Crippen molar-refractivity contribution in [1.29, 1.82) is 0 Å². The predicted molar refractivity (Wildman–Crippen MR) is 98.3 cm³/mol. The van der Waals surface area contributed by atoms with Crippen LogP contribution < -0.4 is 10.6 Å². The van der Waals surface area contributed by atoms with Crippen LogP contribution in [0.15, 0.2) is 28.7 Å². The van der Waals surface area contributed by atoms with E-state index in [0.717, 1.165) is 11.0 Å². The van der Waals surface area contributed by atoms with Crippen LogP contribution in [-0.2, 0) is 6.54 Å². The fraction of sp³-hybridized carbons (Fsp3) is 0.385. The number of aliphatic imine (C=N–C) groups is 1. The average molecular weight is 422 g/mol. The van der Waals surface area contributed by atoms with E-state index in [-0.39, 0.29) is 30.0 Å². The first-order valence-electron chi connectivity index (χ1n) is 6.11. The first-order chi connectivity index (χ1) is 9.19. The van der Waals surface area contributed by atoms with E-state index in [1.165, 1.54) is 9.75 Å². The number of aryl methyl sites for hydroxylation is 1. The van der Waals surface area contributed by atoms with Crippen molar-refractivity contribution in [2.24, 2.45) is 4.99 Å². The summed E-state index contributed by atoms with van der Waals surface area (Å²) in [5, 5.41) is 9.81. The highest BCUT2D eigenvalue weighted by Gasteiger charge is 2.08. The SMILES string of the molecule is CN=C(NCc1ncc(C)s1)NC(C)c1cccs1.I. The minimum atomic E-state index is 0. The third kappa shape index (κ3) is 5.02. The smallest absolute Gasteiger partial charge is 0.191 e. The Morgan fingerprint density at radius 3 is 2.85 bits per heavy atom. The number of halogens is 1. The Morgan fingerprint density at radius 2 is 2.30 bits per heavy atom. The molecule has 0 aliphatic rings. The molecule has 110 valence electrons.